The van der Waals surface area contributed by atoms with E-state index in [0.717, 1.165) is 35.8 Å². The summed E-state index contributed by atoms with van der Waals surface area (Å²) in [4.78, 5) is 33.0. The summed E-state index contributed by atoms with van der Waals surface area (Å²) < 4.78 is 0. The highest BCUT2D eigenvalue weighted by atomic mass is 32.1. The standard InChI is InChI=1S/C21H21N3O2S2/c25-19(18-14-22-20(28-18)17-6-5-13-27-17)23-16-9-7-15(8-10-16)21(26)24-11-3-1-2-4-12-24/h5-10,13-14H,1-4,11-12H2,(H,23,25). The van der Waals surface area contributed by atoms with Gasteiger partial charge >= 0.3 is 0 Å². The molecule has 2 amide bonds. The van der Waals surface area contributed by atoms with Crippen LogP contribution in [0.3, 0.4) is 0 Å². The highest BCUT2D eigenvalue weighted by Crippen LogP contribution is 2.29. The highest BCUT2D eigenvalue weighted by molar-refractivity contribution is 7.22. The van der Waals surface area contributed by atoms with Crippen LogP contribution in [0.2, 0.25) is 0 Å². The Morgan fingerprint density at radius 2 is 1.75 bits per heavy atom. The van der Waals surface area contributed by atoms with Crippen molar-refractivity contribution in [3.63, 3.8) is 0 Å². The van der Waals surface area contributed by atoms with Gasteiger partial charge in [0, 0.05) is 24.3 Å². The van der Waals surface area contributed by atoms with E-state index in [4.69, 9.17) is 0 Å². The van der Waals surface area contributed by atoms with Crippen molar-refractivity contribution in [2.24, 2.45) is 0 Å². The largest absolute Gasteiger partial charge is 0.339 e. The van der Waals surface area contributed by atoms with Crippen LogP contribution >= 0.6 is 22.7 Å². The van der Waals surface area contributed by atoms with Crippen molar-refractivity contribution in [3.05, 3.63) is 58.4 Å². The zero-order chi connectivity index (χ0) is 19.3. The first-order valence-corrected chi connectivity index (χ1v) is 11.1. The number of likely N-dealkylation sites (tertiary alicyclic amines) is 1. The minimum atomic E-state index is -0.188. The van der Waals surface area contributed by atoms with E-state index < -0.39 is 0 Å². The molecule has 144 valence electrons. The molecule has 5 nitrogen and oxygen atoms in total. The lowest BCUT2D eigenvalue weighted by molar-refractivity contribution is 0.0761. The van der Waals surface area contributed by atoms with Crippen molar-refractivity contribution in [2.75, 3.05) is 18.4 Å². The average molecular weight is 412 g/mol. The third-order valence-corrected chi connectivity index (χ3v) is 6.78. The first-order valence-electron chi connectivity index (χ1n) is 9.41. The Kier molecular flexibility index (Phi) is 5.83. The number of thiazole rings is 1. The number of amides is 2. The molecule has 3 heterocycles. The van der Waals surface area contributed by atoms with Crippen molar-refractivity contribution < 1.29 is 9.59 Å². The molecule has 7 heteroatoms. The number of thiophene rings is 1. The van der Waals surface area contributed by atoms with E-state index in [1.54, 1.807) is 41.8 Å². The monoisotopic (exact) mass is 411 g/mol. The van der Waals surface area contributed by atoms with Crippen LogP contribution in [0.4, 0.5) is 5.69 Å². The predicted molar refractivity (Wildman–Crippen MR) is 114 cm³/mol. The number of nitrogens with one attached hydrogen (secondary N) is 1. The Hall–Kier alpha value is -2.51. The molecule has 0 radical (unpaired) electrons. The van der Waals surface area contributed by atoms with Gasteiger partial charge in [0.2, 0.25) is 0 Å². The molecular weight excluding hydrogens is 390 g/mol. The maximum Gasteiger partial charge on any atom is 0.267 e. The number of nitrogens with zero attached hydrogens (tertiary/aromatic N) is 2. The minimum Gasteiger partial charge on any atom is -0.339 e. The number of rotatable bonds is 4. The lowest BCUT2D eigenvalue weighted by Crippen LogP contribution is -2.31. The molecular formula is C21H21N3O2S2. The molecule has 0 spiro atoms. The van der Waals surface area contributed by atoms with Crippen LogP contribution in [0.15, 0.2) is 48.0 Å². The van der Waals surface area contributed by atoms with Gasteiger partial charge < -0.3 is 10.2 Å². The minimum absolute atomic E-state index is 0.0721. The highest BCUT2D eigenvalue weighted by Gasteiger charge is 2.17. The third kappa shape index (κ3) is 4.31. The van der Waals surface area contributed by atoms with Crippen LogP contribution in [-0.2, 0) is 0 Å². The van der Waals surface area contributed by atoms with Crippen LogP contribution in [0.5, 0.6) is 0 Å². The summed E-state index contributed by atoms with van der Waals surface area (Å²) in [5, 5.41) is 5.72. The Morgan fingerprint density at radius 1 is 1.00 bits per heavy atom. The summed E-state index contributed by atoms with van der Waals surface area (Å²) in [6.07, 6.45) is 6.14. The second-order valence-electron chi connectivity index (χ2n) is 6.74. The second-order valence-corrected chi connectivity index (χ2v) is 8.72. The van der Waals surface area contributed by atoms with Gasteiger partial charge in [0.25, 0.3) is 11.8 Å². The van der Waals surface area contributed by atoms with Crippen molar-refractivity contribution in [2.45, 2.75) is 25.7 Å². The number of hydrogen-bond acceptors (Lipinski definition) is 5. The van der Waals surface area contributed by atoms with Gasteiger partial charge in [-0.15, -0.1) is 22.7 Å². The fourth-order valence-electron chi connectivity index (χ4n) is 3.24. The van der Waals surface area contributed by atoms with Crippen LogP contribution in [0, 0.1) is 0 Å². The van der Waals surface area contributed by atoms with Crippen molar-refractivity contribution in [3.8, 4) is 9.88 Å². The summed E-state index contributed by atoms with van der Waals surface area (Å²) in [6, 6.07) is 11.1. The van der Waals surface area contributed by atoms with E-state index in [1.165, 1.54) is 24.2 Å². The van der Waals surface area contributed by atoms with Crippen LogP contribution in [0.1, 0.15) is 45.7 Å². The van der Waals surface area contributed by atoms with Crippen molar-refractivity contribution >= 4 is 40.2 Å². The molecule has 1 aliphatic rings. The summed E-state index contributed by atoms with van der Waals surface area (Å²) in [6.45, 7) is 1.66. The summed E-state index contributed by atoms with van der Waals surface area (Å²) in [5.41, 5.74) is 1.33. The molecule has 1 aliphatic heterocycles. The van der Waals surface area contributed by atoms with E-state index in [0.29, 0.717) is 16.1 Å². The number of carbonyl (C=O) groups excluding carboxylic acids is 2. The number of anilines is 1. The number of benzene rings is 1. The third-order valence-electron chi connectivity index (χ3n) is 4.74. The molecule has 1 aromatic carbocycles. The molecule has 1 N–H and O–H groups in total. The van der Waals surface area contributed by atoms with Gasteiger partial charge in [0.15, 0.2) is 0 Å². The van der Waals surface area contributed by atoms with Gasteiger partial charge in [-0.3, -0.25) is 9.59 Å². The van der Waals surface area contributed by atoms with Gasteiger partial charge in [-0.1, -0.05) is 18.9 Å². The fraction of sp³-hybridized carbons (Fsp3) is 0.286. The molecule has 0 unspecified atom stereocenters. The molecule has 0 bridgehead atoms. The molecule has 0 atom stereocenters. The number of carbonyl (C=O) groups is 2. The topological polar surface area (TPSA) is 62.3 Å². The molecule has 4 rings (SSSR count). The maximum absolute atomic E-state index is 12.7. The zero-order valence-electron chi connectivity index (χ0n) is 15.4. The Balaban J connectivity index is 1.40. The lowest BCUT2D eigenvalue weighted by atomic mass is 10.1. The van der Waals surface area contributed by atoms with E-state index in [2.05, 4.69) is 10.3 Å². The molecule has 28 heavy (non-hydrogen) atoms. The molecule has 3 aromatic rings. The fourth-order valence-corrected chi connectivity index (χ4v) is 4.85. The Morgan fingerprint density at radius 3 is 2.43 bits per heavy atom. The molecule has 0 aliphatic carbocycles. The second kappa shape index (κ2) is 8.67. The molecule has 0 saturated carbocycles. The van der Waals surface area contributed by atoms with E-state index in [1.807, 2.05) is 22.4 Å². The number of hydrogen-bond donors (Lipinski definition) is 1. The molecule has 1 saturated heterocycles. The van der Waals surface area contributed by atoms with Crippen LogP contribution < -0.4 is 5.32 Å². The smallest absolute Gasteiger partial charge is 0.267 e. The SMILES string of the molecule is O=C(Nc1ccc(C(=O)N2CCCCCC2)cc1)c1cnc(-c2cccs2)s1. The van der Waals surface area contributed by atoms with E-state index >= 15 is 0 Å². The normalized spacial score (nSPS) is 14.5. The van der Waals surface area contributed by atoms with Crippen molar-refractivity contribution in [1.82, 2.24) is 9.88 Å². The van der Waals surface area contributed by atoms with Gasteiger partial charge in [-0.25, -0.2) is 4.98 Å². The van der Waals surface area contributed by atoms with Gasteiger partial charge in [0.1, 0.15) is 9.88 Å². The number of aromatic nitrogens is 1. The van der Waals surface area contributed by atoms with Gasteiger partial charge in [-0.05, 0) is 48.6 Å². The summed E-state index contributed by atoms with van der Waals surface area (Å²) in [5.74, 6) is -0.116. The van der Waals surface area contributed by atoms with Gasteiger partial charge in [-0.2, -0.15) is 0 Å². The van der Waals surface area contributed by atoms with E-state index in [-0.39, 0.29) is 11.8 Å². The van der Waals surface area contributed by atoms with Crippen LogP contribution in [0.25, 0.3) is 9.88 Å². The first-order chi connectivity index (χ1) is 13.7. The first kappa shape index (κ1) is 18.8. The predicted octanol–water partition coefficient (Wildman–Crippen LogP) is 5.14. The van der Waals surface area contributed by atoms with Crippen molar-refractivity contribution in [1.29, 1.82) is 0 Å². The molecule has 1 fully saturated rings. The van der Waals surface area contributed by atoms with E-state index in [9.17, 15) is 9.59 Å². The summed E-state index contributed by atoms with van der Waals surface area (Å²) >= 11 is 2.98. The maximum atomic E-state index is 12.7. The van der Waals surface area contributed by atoms with Gasteiger partial charge in [0.05, 0.1) is 11.1 Å². The average Bonchev–Trinajstić information content (AvgIpc) is 3.35. The molecule has 2 aromatic heterocycles. The quantitative estimate of drug-likeness (QED) is 0.646. The van der Waals surface area contributed by atoms with Crippen LogP contribution in [-0.4, -0.2) is 34.8 Å². The Labute approximate surface area is 172 Å². The zero-order valence-corrected chi connectivity index (χ0v) is 17.0. The lowest BCUT2D eigenvalue weighted by Gasteiger charge is -2.20. The Bertz CT molecular complexity index is 940. The summed E-state index contributed by atoms with van der Waals surface area (Å²) in [7, 11) is 0.